The van der Waals surface area contributed by atoms with E-state index in [9.17, 15) is 8.42 Å². The van der Waals surface area contributed by atoms with Crippen LogP contribution in [0.3, 0.4) is 0 Å². The van der Waals surface area contributed by atoms with Gasteiger partial charge in [0.15, 0.2) is 0 Å². The van der Waals surface area contributed by atoms with Crippen molar-refractivity contribution in [3.63, 3.8) is 0 Å². The third-order valence-corrected chi connectivity index (χ3v) is 4.91. The lowest BCUT2D eigenvalue weighted by molar-refractivity contribution is 0.392. The van der Waals surface area contributed by atoms with E-state index < -0.39 is 10.0 Å². The number of hydrogen-bond acceptors (Lipinski definition) is 6. The Morgan fingerprint density at radius 2 is 2.14 bits per heavy atom. The van der Waals surface area contributed by atoms with Crippen molar-refractivity contribution in [3.8, 4) is 0 Å². The summed E-state index contributed by atoms with van der Waals surface area (Å²) in [6.45, 7) is 3.95. The molecule has 7 nitrogen and oxygen atoms in total. The van der Waals surface area contributed by atoms with Gasteiger partial charge in [-0.25, -0.2) is 18.1 Å². The highest BCUT2D eigenvalue weighted by Crippen LogP contribution is 2.20. The summed E-state index contributed by atoms with van der Waals surface area (Å²) in [5.74, 6) is 0.672. The minimum absolute atomic E-state index is 0.0809. The van der Waals surface area contributed by atoms with Crippen molar-refractivity contribution < 1.29 is 12.9 Å². The summed E-state index contributed by atoms with van der Waals surface area (Å²) in [4.78, 5) is 3.63. The first-order valence-corrected chi connectivity index (χ1v) is 8.50. The number of hydrogen-bond donors (Lipinski definition) is 2. The molecule has 0 atom stereocenters. The molecule has 3 N–H and O–H groups in total. The van der Waals surface area contributed by atoms with Crippen molar-refractivity contribution in [2.45, 2.75) is 31.6 Å². The Hall–Kier alpha value is -1.64. The Balaban J connectivity index is 1.97. The lowest BCUT2D eigenvalue weighted by atomic mass is 10.1. The van der Waals surface area contributed by atoms with E-state index in [1.165, 1.54) is 12.3 Å². The molecule has 2 aromatic heterocycles. The number of sulfonamides is 1. The van der Waals surface area contributed by atoms with Gasteiger partial charge in [0, 0.05) is 18.3 Å². The van der Waals surface area contributed by atoms with Crippen LogP contribution in [0.1, 0.15) is 23.4 Å². The topological polar surface area (TPSA) is 111 Å². The van der Waals surface area contributed by atoms with Crippen LogP contribution >= 0.6 is 11.6 Å². The lowest BCUT2D eigenvalue weighted by Crippen LogP contribution is -2.26. The first-order chi connectivity index (χ1) is 10.3. The van der Waals surface area contributed by atoms with E-state index in [4.69, 9.17) is 21.9 Å². The molecular formula is C13H17ClN4O3S. The zero-order chi connectivity index (χ0) is 16.3. The molecule has 0 saturated heterocycles. The van der Waals surface area contributed by atoms with Crippen molar-refractivity contribution in [3.05, 3.63) is 34.3 Å². The number of aryl methyl sites for hydroxylation is 2. The number of aromatic nitrogens is 2. The lowest BCUT2D eigenvalue weighted by Gasteiger charge is -2.08. The van der Waals surface area contributed by atoms with Crippen LogP contribution in [-0.4, -0.2) is 25.1 Å². The molecular weight excluding hydrogens is 328 g/mol. The smallest absolute Gasteiger partial charge is 0.244 e. The van der Waals surface area contributed by atoms with Gasteiger partial charge in [0.25, 0.3) is 0 Å². The van der Waals surface area contributed by atoms with Gasteiger partial charge in [0.1, 0.15) is 16.5 Å². The standard InChI is InChI=1S/C13H17ClN4O3S/c1-8-11(9(2)21-18-8)4-3-5-17-22(19,20)12-6-10(14)7-16-13(12)15/h6-7,17H,3-5H2,1-2H3,(H2,15,16). The van der Waals surface area contributed by atoms with Crippen LogP contribution in [0.5, 0.6) is 0 Å². The van der Waals surface area contributed by atoms with Gasteiger partial charge < -0.3 is 10.3 Å². The van der Waals surface area contributed by atoms with Crippen LogP contribution in [0.2, 0.25) is 5.02 Å². The van der Waals surface area contributed by atoms with E-state index in [1.807, 2.05) is 13.8 Å². The van der Waals surface area contributed by atoms with Crippen molar-refractivity contribution in [2.75, 3.05) is 12.3 Å². The Bertz CT molecular complexity index is 754. The SMILES string of the molecule is Cc1noc(C)c1CCCNS(=O)(=O)c1cc(Cl)cnc1N. The van der Waals surface area contributed by atoms with E-state index in [-0.39, 0.29) is 22.3 Å². The molecule has 120 valence electrons. The zero-order valence-electron chi connectivity index (χ0n) is 12.3. The van der Waals surface area contributed by atoms with E-state index >= 15 is 0 Å². The number of anilines is 1. The molecule has 0 radical (unpaired) electrons. The minimum atomic E-state index is -3.74. The maximum absolute atomic E-state index is 12.2. The molecule has 0 fully saturated rings. The summed E-state index contributed by atoms with van der Waals surface area (Å²) < 4.78 is 31.9. The second-order valence-corrected chi connectivity index (χ2v) is 7.01. The molecule has 9 heteroatoms. The van der Waals surface area contributed by atoms with Crippen molar-refractivity contribution in [1.29, 1.82) is 0 Å². The highest BCUT2D eigenvalue weighted by atomic mass is 35.5. The number of rotatable bonds is 6. The monoisotopic (exact) mass is 344 g/mol. The second-order valence-electron chi connectivity index (χ2n) is 4.84. The molecule has 0 aliphatic rings. The first kappa shape index (κ1) is 16.7. The Morgan fingerprint density at radius 3 is 2.77 bits per heavy atom. The number of pyridine rings is 1. The summed E-state index contributed by atoms with van der Waals surface area (Å²) in [6.07, 6.45) is 2.58. The summed E-state index contributed by atoms with van der Waals surface area (Å²) in [7, 11) is -3.74. The first-order valence-electron chi connectivity index (χ1n) is 6.63. The fraction of sp³-hybridized carbons (Fsp3) is 0.385. The average molecular weight is 345 g/mol. The molecule has 0 unspecified atom stereocenters. The van der Waals surface area contributed by atoms with Gasteiger partial charge in [-0.1, -0.05) is 16.8 Å². The molecule has 2 heterocycles. The number of nitrogens with zero attached hydrogens (tertiary/aromatic N) is 2. The molecule has 0 aliphatic carbocycles. The van der Waals surface area contributed by atoms with Gasteiger partial charge in [0.05, 0.1) is 10.7 Å². The summed E-state index contributed by atoms with van der Waals surface area (Å²) in [5, 5.41) is 4.07. The summed E-state index contributed by atoms with van der Waals surface area (Å²) in [6, 6.07) is 1.28. The molecule has 0 bridgehead atoms. The van der Waals surface area contributed by atoms with Crippen LogP contribution in [0.25, 0.3) is 0 Å². The van der Waals surface area contributed by atoms with E-state index in [0.717, 1.165) is 17.0 Å². The van der Waals surface area contributed by atoms with Crippen LogP contribution in [0, 0.1) is 13.8 Å². The Kier molecular flexibility index (Phi) is 5.05. The Morgan fingerprint density at radius 1 is 1.41 bits per heavy atom. The van der Waals surface area contributed by atoms with Crippen LogP contribution in [0.15, 0.2) is 21.7 Å². The predicted molar refractivity (Wildman–Crippen MR) is 83.1 cm³/mol. The normalized spacial score (nSPS) is 11.8. The quantitative estimate of drug-likeness (QED) is 0.773. The van der Waals surface area contributed by atoms with Crippen LogP contribution in [0.4, 0.5) is 5.82 Å². The third-order valence-electron chi connectivity index (χ3n) is 3.21. The van der Waals surface area contributed by atoms with Gasteiger partial charge in [-0.15, -0.1) is 0 Å². The Labute approximate surface area is 133 Å². The fourth-order valence-electron chi connectivity index (χ4n) is 2.05. The zero-order valence-corrected chi connectivity index (χ0v) is 13.8. The van der Waals surface area contributed by atoms with Gasteiger partial charge in [-0.05, 0) is 32.8 Å². The van der Waals surface area contributed by atoms with E-state index in [2.05, 4.69) is 14.9 Å². The molecule has 0 aromatic carbocycles. The molecule has 0 saturated carbocycles. The maximum atomic E-state index is 12.2. The van der Waals surface area contributed by atoms with Gasteiger partial charge in [-0.2, -0.15) is 0 Å². The van der Waals surface area contributed by atoms with E-state index in [1.54, 1.807) is 0 Å². The predicted octanol–water partition coefficient (Wildman–Crippen LogP) is 1.83. The highest BCUT2D eigenvalue weighted by molar-refractivity contribution is 7.89. The largest absolute Gasteiger partial charge is 0.383 e. The molecule has 2 aromatic rings. The van der Waals surface area contributed by atoms with E-state index in [0.29, 0.717) is 12.8 Å². The molecule has 0 spiro atoms. The van der Waals surface area contributed by atoms with Gasteiger partial charge >= 0.3 is 0 Å². The van der Waals surface area contributed by atoms with Gasteiger partial charge in [0.2, 0.25) is 10.0 Å². The third kappa shape index (κ3) is 3.76. The summed E-state index contributed by atoms with van der Waals surface area (Å²) in [5.41, 5.74) is 7.41. The van der Waals surface area contributed by atoms with Crippen molar-refractivity contribution >= 4 is 27.4 Å². The maximum Gasteiger partial charge on any atom is 0.244 e. The second kappa shape index (κ2) is 6.64. The van der Waals surface area contributed by atoms with Gasteiger partial charge in [-0.3, -0.25) is 0 Å². The number of nitrogens with two attached hydrogens (primary N) is 1. The average Bonchev–Trinajstić information content (AvgIpc) is 2.77. The molecule has 2 rings (SSSR count). The van der Waals surface area contributed by atoms with Crippen LogP contribution in [-0.2, 0) is 16.4 Å². The molecule has 22 heavy (non-hydrogen) atoms. The number of halogens is 1. The molecule has 0 amide bonds. The van der Waals surface area contributed by atoms with Crippen LogP contribution < -0.4 is 10.5 Å². The fourth-order valence-corrected chi connectivity index (χ4v) is 3.46. The molecule has 0 aliphatic heterocycles. The van der Waals surface area contributed by atoms with Crippen molar-refractivity contribution in [1.82, 2.24) is 14.9 Å². The highest BCUT2D eigenvalue weighted by Gasteiger charge is 2.18. The van der Waals surface area contributed by atoms with Crippen molar-refractivity contribution in [2.24, 2.45) is 0 Å². The summed E-state index contributed by atoms with van der Waals surface area (Å²) >= 11 is 5.76. The number of nitrogen functional groups attached to an aromatic ring is 1. The number of nitrogens with one attached hydrogen (secondary N) is 1. The minimum Gasteiger partial charge on any atom is -0.383 e.